The molecule has 17 heavy (non-hydrogen) atoms. The summed E-state index contributed by atoms with van der Waals surface area (Å²) in [5.41, 5.74) is 2.45. The molecule has 2 aromatic heterocycles. The van der Waals surface area contributed by atoms with Crippen LogP contribution in [-0.2, 0) is 6.54 Å². The number of anilines is 1. The van der Waals surface area contributed by atoms with E-state index in [1.807, 2.05) is 12.1 Å². The van der Waals surface area contributed by atoms with Crippen molar-refractivity contribution < 1.29 is 5.21 Å². The Kier molecular flexibility index (Phi) is 2.14. The minimum absolute atomic E-state index is 0.593. The van der Waals surface area contributed by atoms with Gasteiger partial charge in [-0.2, -0.15) is 15.4 Å². The molecule has 7 heteroatoms. The quantitative estimate of drug-likeness (QED) is 0.584. The summed E-state index contributed by atoms with van der Waals surface area (Å²) in [4.78, 5) is 0.858. The van der Waals surface area contributed by atoms with Crippen molar-refractivity contribution in [2.75, 3.05) is 5.32 Å². The number of H-pyrrole nitrogens is 1. The number of nitrogens with zero attached hydrogens (tertiary/aromatic N) is 4. The maximum atomic E-state index is 9.34. The van der Waals surface area contributed by atoms with E-state index >= 15 is 0 Å². The summed E-state index contributed by atoms with van der Waals surface area (Å²) >= 11 is 0. The Bertz CT molecular complexity index is 629. The van der Waals surface area contributed by atoms with E-state index in [1.54, 1.807) is 18.5 Å². The fourth-order valence-electron chi connectivity index (χ4n) is 1.63. The lowest BCUT2D eigenvalue weighted by atomic mass is 10.2. The molecule has 0 saturated heterocycles. The summed E-state index contributed by atoms with van der Waals surface area (Å²) in [6.45, 7) is 0.593. The van der Waals surface area contributed by atoms with E-state index in [4.69, 9.17) is 0 Å². The second-order valence-corrected chi connectivity index (χ2v) is 3.62. The smallest absolute Gasteiger partial charge is 0.110 e. The Morgan fingerprint density at radius 2 is 2.29 bits per heavy atom. The molecule has 3 aromatic rings. The second kappa shape index (κ2) is 3.78. The highest BCUT2D eigenvalue weighted by Gasteiger charge is 2.02. The van der Waals surface area contributed by atoms with Crippen molar-refractivity contribution in [3.8, 4) is 0 Å². The zero-order valence-corrected chi connectivity index (χ0v) is 8.83. The summed E-state index contributed by atoms with van der Waals surface area (Å²) in [6, 6.07) is 5.58. The van der Waals surface area contributed by atoms with Gasteiger partial charge in [0.15, 0.2) is 0 Å². The van der Waals surface area contributed by atoms with Gasteiger partial charge in [-0.15, -0.1) is 9.94 Å². The summed E-state index contributed by atoms with van der Waals surface area (Å²) in [5, 5.41) is 27.4. The predicted octanol–water partition coefficient (Wildman–Crippen LogP) is 1.00. The first kappa shape index (κ1) is 9.64. The first-order valence-corrected chi connectivity index (χ1v) is 5.08. The van der Waals surface area contributed by atoms with Crippen molar-refractivity contribution in [2.45, 2.75) is 6.54 Å². The number of benzene rings is 1. The van der Waals surface area contributed by atoms with Gasteiger partial charge in [0, 0.05) is 11.1 Å². The number of fused-ring (bicyclic) bond motifs is 1. The van der Waals surface area contributed by atoms with Crippen molar-refractivity contribution in [1.29, 1.82) is 0 Å². The average Bonchev–Trinajstić information content (AvgIpc) is 2.97. The zero-order chi connectivity index (χ0) is 11.7. The van der Waals surface area contributed by atoms with E-state index in [1.165, 1.54) is 0 Å². The Morgan fingerprint density at radius 1 is 1.35 bits per heavy atom. The van der Waals surface area contributed by atoms with Crippen LogP contribution >= 0.6 is 0 Å². The molecule has 0 radical (unpaired) electrons. The molecule has 1 aromatic carbocycles. The van der Waals surface area contributed by atoms with Gasteiger partial charge in [-0.3, -0.25) is 0 Å². The number of rotatable bonds is 3. The molecule has 0 fully saturated rings. The fraction of sp³-hybridized carbons (Fsp3) is 0.100. The van der Waals surface area contributed by atoms with Crippen molar-refractivity contribution in [2.24, 2.45) is 0 Å². The first-order valence-electron chi connectivity index (χ1n) is 5.08. The van der Waals surface area contributed by atoms with Crippen LogP contribution in [0, 0.1) is 0 Å². The molecular weight excluding hydrogens is 220 g/mol. The van der Waals surface area contributed by atoms with Crippen LogP contribution in [0.4, 0.5) is 5.69 Å². The third-order valence-electron chi connectivity index (χ3n) is 2.49. The van der Waals surface area contributed by atoms with Gasteiger partial charge in [0.05, 0.1) is 18.9 Å². The molecule has 0 atom stereocenters. The molecule has 86 valence electrons. The standard InChI is InChI=1S/C10H10N6O/c17-16-10-2-1-8(3-7(10)4-13-16)11-5-9-6-12-15-14-9/h1-4,6,11,17H,5H2,(H,12,14,15). The highest BCUT2D eigenvalue weighted by molar-refractivity contribution is 5.82. The van der Waals surface area contributed by atoms with Gasteiger partial charge in [-0.1, -0.05) is 0 Å². The van der Waals surface area contributed by atoms with Gasteiger partial charge in [0.2, 0.25) is 0 Å². The van der Waals surface area contributed by atoms with Crippen molar-refractivity contribution in [1.82, 2.24) is 25.4 Å². The summed E-state index contributed by atoms with van der Waals surface area (Å²) in [7, 11) is 0. The Hall–Kier alpha value is -2.57. The fourth-order valence-corrected chi connectivity index (χ4v) is 1.63. The molecule has 0 unspecified atom stereocenters. The van der Waals surface area contributed by atoms with Crippen LogP contribution in [0.25, 0.3) is 10.9 Å². The molecule has 0 aliphatic rings. The lowest BCUT2D eigenvalue weighted by Crippen LogP contribution is -1.99. The lowest BCUT2D eigenvalue weighted by molar-refractivity contribution is 0.161. The molecule has 7 nitrogen and oxygen atoms in total. The van der Waals surface area contributed by atoms with Crippen LogP contribution in [0.3, 0.4) is 0 Å². The molecule has 0 aliphatic carbocycles. The molecule has 2 heterocycles. The lowest BCUT2D eigenvalue weighted by Gasteiger charge is -2.03. The van der Waals surface area contributed by atoms with E-state index in [2.05, 4.69) is 25.8 Å². The number of hydrogen-bond acceptors (Lipinski definition) is 5. The molecule has 3 rings (SSSR count). The van der Waals surface area contributed by atoms with Crippen LogP contribution < -0.4 is 5.32 Å². The van der Waals surface area contributed by atoms with Crippen LogP contribution in [-0.4, -0.2) is 30.6 Å². The maximum absolute atomic E-state index is 9.34. The van der Waals surface area contributed by atoms with E-state index in [0.717, 1.165) is 21.6 Å². The summed E-state index contributed by atoms with van der Waals surface area (Å²) < 4.78 is 0. The van der Waals surface area contributed by atoms with Gasteiger partial charge in [-0.25, -0.2) is 0 Å². The normalized spacial score (nSPS) is 10.8. The summed E-state index contributed by atoms with van der Waals surface area (Å²) in [5.74, 6) is 0. The Labute approximate surface area is 96.0 Å². The minimum Gasteiger partial charge on any atom is -0.411 e. The SMILES string of the molecule is On1ncc2cc(NCc3cn[nH]n3)ccc21. The van der Waals surface area contributed by atoms with E-state index in [9.17, 15) is 5.21 Å². The topological polar surface area (TPSA) is 91.6 Å². The van der Waals surface area contributed by atoms with Crippen molar-refractivity contribution in [3.63, 3.8) is 0 Å². The van der Waals surface area contributed by atoms with Crippen LogP contribution in [0.15, 0.2) is 30.6 Å². The zero-order valence-electron chi connectivity index (χ0n) is 8.83. The molecule has 0 saturated carbocycles. The van der Waals surface area contributed by atoms with Crippen molar-refractivity contribution >= 4 is 16.6 Å². The van der Waals surface area contributed by atoms with Crippen LogP contribution in [0.5, 0.6) is 0 Å². The Morgan fingerprint density at radius 3 is 3.12 bits per heavy atom. The molecular formula is C10H10N6O. The molecule has 3 N–H and O–H groups in total. The highest BCUT2D eigenvalue weighted by Crippen LogP contribution is 2.18. The third kappa shape index (κ3) is 1.78. The highest BCUT2D eigenvalue weighted by atomic mass is 16.5. The second-order valence-electron chi connectivity index (χ2n) is 3.62. The largest absolute Gasteiger partial charge is 0.411 e. The monoisotopic (exact) mass is 230 g/mol. The van der Waals surface area contributed by atoms with Gasteiger partial charge in [0.25, 0.3) is 0 Å². The maximum Gasteiger partial charge on any atom is 0.110 e. The number of nitrogens with one attached hydrogen (secondary N) is 2. The Balaban J connectivity index is 1.81. The van der Waals surface area contributed by atoms with Crippen LogP contribution in [0.2, 0.25) is 0 Å². The summed E-state index contributed by atoms with van der Waals surface area (Å²) in [6.07, 6.45) is 3.27. The van der Waals surface area contributed by atoms with Crippen LogP contribution in [0.1, 0.15) is 5.69 Å². The molecule has 0 amide bonds. The van der Waals surface area contributed by atoms with E-state index in [-0.39, 0.29) is 0 Å². The minimum atomic E-state index is 0.593. The third-order valence-corrected chi connectivity index (χ3v) is 2.49. The number of aromatic nitrogens is 5. The van der Waals surface area contributed by atoms with Crippen molar-refractivity contribution in [3.05, 3.63) is 36.3 Å². The van der Waals surface area contributed by atoms with E-state index < -0.39 is 0 Å². The number of aromatic amines is 1. The molecule has 0 aliphatic heterocycles. The predicted molar refractivity (Wildman–Crippen MR) is 60.6 cm³/mol. The van der Waals surface area contributed by atoms with Gasteiger partial charge >= 0.3 is 0 Å². The average molecular weight is 230 g/mol. The van der Waals surface area contributed by atoms with Gasteiger partial charge in [0.1, 0.15) is 11.2 Å². The molecule has 0 bridgehead atoms. The van der Waals surface area contributed by atoms with E-state index in [0.29, 0.717) is 12.1 Å². The van der Waals surface area contributed by atoms with Gasteiger partial charge < -0.3 is 10.5 Å². The number of hydrogen-bond donors (Lipinski definition) is 3. The molecule has 0 spiro atoms. The van der Waals surface area contributed by atoms with Gasteiger partial charge in [-0.05, 0) is 18.2 Å². The first-order chi connectivity index (χ1) is 8.33.